The Balaban J connectivity index is 1.67. The Hall–Kier alpha value is -2.83. The molecule has 0 saturated heterocycles. The summed E-state index contributed by atoms with van der Waals surface area (Å²) in [5.41, 5.74) is 0.301. The van der Waals surface area contributed by atoms with Crippen molar-refractivity contribution < 1.29 is 22.8 Å². The second-order valence-corrected chi connectivity index (χ2v) is 5.87. The Kier molecular flexibility index (Phi) is 4.48. The van der Waals surface area contributed by atoms with Crippen LogP contribution in [0.1, 0.15) is 28.8 Å². The van der Waals surface area contributed by atoms with Gasteiger partial charge in [0.2, 0.25) is 5.91 Å². The van der Waals surface area contributed by atoms with Gasteiger partial charge in [0.05, 0.1) is 5.56 Å². The highest BCUT2D eigenvalue weighted by atomic mass is 19.4. The summed E-state index contributed by atoms with van der Waals surface area (Å²) in [7, 11) is 0. The van der Waals surface area contributed by atoms with Crippen molar-refractivity contribution in [2.24, 2.45) is 5.92 Å². The lowest BCUT2D eigenvalue weighted by atomic mass is 10.1. The van der Waals surface area contributed by atoms with Crippen molar-refractivity contribution >= 4 is 23.2 Å². The van der Waals surface area contributed by atoms with E-state index in [4.69, 9.17) is 0 Å². The molecule has 130 valence electrons. The maximum absolute atomic E-state index is 12.5. The molecule has 7 heteroatoms. The van der Waals surface area contributed by atoms with Crippen LogP contribution in [-0.4, -0.2) is 11.8 Å². The molecule has 1 fully saturated rings. The second-order valence-electron chi connectivity index (χ2n) is 5.87. The molecule has 0 aromatic heterocycles. The van der Waals surface area contributed by atoms with Crippen LogP contribution >= 0.6 is 0 Å². The normalized spacial score (nSPS) is 14.0. The number of nitrogens with one attached hydrogen (secondary N) is 2. The fourth-order valence-corrected chi connectivity index (χ4v) is 2.28. The number of amides is 2. The maximum Gasteiger partial charge on any atom is 0.416 e. The van der Waals surface area contributed by atoms with Crippen molar-refractivity contribution in [3.8, 4) is 0 Å². The molecule has 0 heterocycles. The lowest BCUT2D eigenvalue weighted by Crippen LogP contribution is -2.15. The van der Waals surface area contributed by atoms with Gasteiger partial charge in [-0.3, -0.25) is 9.59 Å². The van der Waals surface area contributed by atoms with E-state index in [0.717, 1.165) is 37.1 Å². The van der Waals surface area contributed by atoms with E-state index < -0.39 is 17.6 Å². The monoisotopic (exact) mass is 348 g/mol. The summed E-state index contributed by atoms with van der Waals surface area (Å²) in [5, 5.41) is 5.37. The maximum atomic E-state index is 12.5. The third-order valence-corrected chi connectivity index (χ3v) is 3.81. The van der Waals surface area contributed by atoms with Gasteiger partial charge < -0.3 is 10.6 Å². The second kappa shape index (κ2) is 6.58. The standard InChI is InChI=1S/C18H15F3N2O2/c19-18(20,21)13-8-6-12(7-9-13)17(25)23-15-3-1-2-14(10-15)22-16(24)11-4-5-11/h1-3,6-11H,4-5H2,(H,22,24)(H,23,25). The Morgan fingerprint density at radius 2 is 1.52 bits per heavy atom. The summed E-state index contributed by atoms with van der Waals surface area (Å²) in [4.78, 5) is 23.9. The largest absolute Gasteiger partial charge is 0.416 e. The van der Waals surface area contributed by atoms with Crippen molar-refractivity contribution in [1.29, 1.82) is 0 Å². The number of hydrogen-bond donors (Lipinski definition) is 2. The van der Waals surface area contributed by atoms with E-state index in [9.17, 15) is 22.8 Å². The van der Waals surface area contributed by atoms with Crippen LogP contribution in [0.5, 0.6) is 0 Å². The van der Waals surface area contributed by atoms with E-state index in [1.165, 1.54) is 0 Å². The molecule has 2 aromatic carbocycles. The number of benzene rings is 2. The quantitative estimate of drug-likeness (QED) is 0.865. The number of anilines is 2. The zero-order chi connectivity index (χ0) is 18.0. The molecule has 0 spiro atoms. The highest BCUT2D eigenvalue weighted by Gasteiger charge is 2.30. The Bertz CT molecular complexity index is 797. The zero-order valence-electron chi connectivity index (χ0n) is 13.1. The van der Waals surface area contributed by atoms with Crippen LogP contribution < -0.4 is 10.6 Å². The zero-order valence-corrected chi connectivity index (χ0v) is 13.1. The number of halogens is 3. The van der Waals surface area contributed by atoms with Gasteiger partial charge in [0, 0.05) is 22.9 Å². The van der Waals surface area contributed by atoms with E-state index in [1.54, 1.807) is 24.3 Å². The van der Waals surface area contributed by atoms with Gasteiger partial charge in [-0.1, -0.05) is 6.07 Å². The molecule has 1 saturated carbocycles. The Morgan fingerprint density at radius 3 is 2.08 bits per heavy atom. The fraction of sp³-hybridized carbons (Fsp3) is 0.222. The smallest absolute Gasteiger partial charge is 0.326 e. The number of carbonyl (C=O) groups is 2. The fourth-order valence-electron chi connectivity index (χ4n) is 2.28. The van der Waals surface area contributed by atoms with Crippen LogP contribution in [0.2, 0.25) is 0 Å². The summed E-state index contributed by atoms with van der Waals surface area (Å²) in [6.07, 6.45) is -2.67. The van der Waals surface area contributed by atoms with Crippen LogP contribution in [0.3, 0.4) is 0 Å². The van der Waals surface area contributed by atoms with E-state index in [-0.39, 0.29) is 17.4 Å². The van der Waals surface area contributed by atoms with Crippen LogP contribution in [0.4, 0.5) is 24.5 Å². The van der Waals surface area contributed by atoms with Crippen molar-refractivity contribution in [1.82, 2.24) is 0 Å². The van der Waals surface area contributed by atoms with Crippen LogP contribution in [-0.2, 0) is 11.0 Å². The Labute approximate surface area is 142 Å². The van der Waals surface area contributed by atoms with E-state index >= 15 is 0 Å². The van der Waals surface area contributed by atoms with Crippen LogP contribution in [0.15, 0.2) is 48.5 Å². The van der Waals surface area contributed by atoms with Gasteiger partial charge in [-0.25, -0.2) is 0 Å². The number of hydrogen-bond acceptors (Lipinski definition) is 2. The highest BCUT2D eigenvalue weighted by Crippen LogP contribution is 2.31. The van der Waals surface area contributed by atoms with Gasteiger partial charge in [-0.15, -0.1) is 0 Å². The summed E-state index contributed by atoms with van der Waals surface area (Å²) in [6.45, 7) is 0. The molecule has 2 aromatic rings. The molecule has 4 nitrogen and oxygen atoms in total. The molecule has 0 radical (unpaired) electrons. The average Bonchev–Trinajstić information content (AvgIpc) is 3.39. The molecular weight excluding hydrogens is 333 g/mol. The molecule has 1 aliphatic carbocycles. The topological polar surface area (TPSA) is 58.2 Å². The van der Waals surface area contributed by atoms with Gasteiger partial charge in [-0.05, 0) is 55.3 Å². The molecule has 1 aliphatic rings. The first-order valence-corrected chi connectivity index (χ1v) is 7.72. The highest BCUT2D eigenvalue weighted by molar-refractivity contribution is 6.04. The van der Waals surface area contributed by atoms with Crippen LogP contribution in [0, 0.1) is 5.92 Å². The lowest BCUT2D eigenvalue weighted by Gasteiger charge is -2.10. The molecule has 0 aliphatic heterocycles. The first-order chi connectivity index (χ1) is 11.8. The lowest BCUT2D eigenvalue weighted by molar-refractivity contribution is -0.137. The molecule has 0 unspecified atom stereocenters. The summed E-state index contributed by atoms with van der Waals surface area (Å²) in [6, 6.07) is 10.6. The molecular formula is C18H15F3N2O2. The summed E-state index contributed by atoms with van der Waals surface area (Å²) >= 11 is 0. The first-order valence-electron chi connectivity index (χ1n) is 7.72. The molecule has 3 rings (SSSR count). The molecule has 0 atom stereocenters. The number of carbonyl (C=O) groups excluding carboxylic acids is 2. The predicted octanol–water partition coefficient (Wildman–Crippen LogP) is 4.31. The van der Waals surface area contributed by atoms with Crippen molar-refractivity contribution in [3.05, 3.63) is 59.7 Å². The predicted molar refractivity (Wildman–Crippen MR) is 87.2 cm³/mol. The first kappa shape index (κ1) is 17.0. The minimum absolute atomic E-state index is 0.0498. The van der Waals surface area contributed by atoms with Crippen molar-refractivity contribution in [2.45, 2.75) is 19.0 Å². The van der Waals surface area contributed by atoms with Gasteiger partial charge >= 0.3 is 6.18 Å². The molecule has 25 heavy (non-hydrogen) atoms. The molecule has 2 amide bonds. The summed E-state index contributed by atoms with van der Waals surface area (Å²) in [5.74, 6) is -0.518. The van der Waals surface area contributed by atoms with E-state index in [0.29, 0.717) is 11.4 Å². The van der Waals surface area contributed by atoms with Crippen molar-refractivity contribution in [2.75, 3.05) is 10.6 Å². The Morgan fingerprint density at radius 1 is 0.920 bits per heavy atom. The average molecular weight is 348 g/mol. The minimum atomic E-state index is -4.44. The minimum Gasteiger partial charge on any atom is -0.326 e. The third kappa shape index (κ3) is 4.37. The molecule has 0 bridgehead atoms. The third-order valence-electron chi connectivity index (χ3n) is 3.81. The number of rotatable bonds is 4. The van der Waals surface area contributed by atoms with Gasteiger partial charge in [0.15, 0.2) is 0 Å². The van der Waals surface area contributed by atoms with E-state index in [2.05, 4.69) is 10.6 Å². The van der Waals surface area contributed by atoms with Crippen LogP contribution in [0.25, 0.3) is 0 Å². The molecule has 2 N–H and O–H groups in total. The number of alkyl halides is 3. The van der Waals surface area contributed by atoms with Gasteiger partial charge in [-0.2, -0.15) is 13.2 Å². The summed E-state index contributed by atoms with van der Waals surface area (Å²) < 4.78 is 37.6. The van der Waals surface area contributed by atoms with Crippen molar-refractivity contribution in [3.63, 3.8) is 0 Å². The SMILES string of the molecule is O=C(Nc1cccc(NC(=O)C2CC2)c1)c1ccc(C(F)(F)F)cc1. The van der Waals surface area contributed by atoms with Gasteiger partial charge in [0.1, 0.15) is 0 Å². The van der Waals surface area contributed by atoms with Gasteiger partial charge in [0.25, 0.3) is 5.91 Å². The van der Waals surface area contributed by atoms with E-state index in [1.807, 2.05) is 0 Å².